The van der Waals surface area contributed by atoms with E-state index in [1.54, 1.807) is 91.0 Å². The van der Waals surface area contributed by atoms with Gasteiger partial charge in [-0.15, -0.1) is 11.3 Å². The molecule has 4 aromatic rings. The summed E-state index contributed by atoms with van der Waals surface area (Å²) < 4.78 is 5.85. The maximum Gasteiger partial charge on any atom is 0.327 e. The van der Waals surface area contributed by atoms with Crippen molar-refractivity contribution in [2.24, 2.45) is 5.92 Å². The number of ether oxygens (including phenoxy) is 1. The topological polar surface area (TPSA) is 83.9 Å². The lowest BCUT2D eigenvalue weighted by Crippen LogP contribution is -2.43. The largest absolute Gasteiger partial charge is 0.497 e. The van der Waals surface area contributed by atoms with Gasteiger partial charge in [0, 0.05) is 16.5 Å². The van der Waals surface area contributed by atoms with Crippen LogP contribution < -0.4 is 4.74 Å². The first-order chi connectivity index (χ1) is 18.8. The van der Waals surface area contributed by atoms with Crippen LogP contribution in [0.4, 0.5) is 0 Å². The number of aliphatic carboxylic acids is 1. The molecule has 0 radical (unpaired) electrons. The molecular weight excluding hydrogens is 557 g/mol. The smallest absolute Gasteiger partial charge is 0.327 e. The molecule has 0 saturated carbocycles. The number of benzene rings is 3. The maximum atomic E-state index is 14.3. The van der Waals surface area contributed by atoms with E-state index in [1.165, 1.54) is 12.0 Å². The number of halogens is 2. The van der Waals surface area contributed by atoms with E-state index in [4.69, 9.17) is 27.9 Å². The van der Waals surface area contributed by atoms with Crippen molar-refractivity contribution in [3.63, 3.8) is 0 Å². The van der Waals surface area contributed by atoms with Gasteiger partial charge in [-0.3, -0.25) is 9.59 Å². The molecule has 0 bridgehead atoms. The summed E-state index contributed by atoms with van der Waals surface area (Å²) in [6, 6.07) is 23.2. The van der Waals surface area contributed by atoms with Crippen molar-refractivity contribution in [3.05, 3.63) is 122 Å². The number of ketones is 1. The molecule has 39 heavy (non-hydrogen) atoms. The molecule has 0 spiro atoms. The minimum atomic E-state index is -1.35. The number of nitrogens with zero attached hydrogens (tertiary/aromatic N) is 1. The third-order valence-corrected chi connectivity index (χ3v) is 8.48. The second-order valence-corrected chi connectivity index (χ2v) is 11.3. The monoisotopic (exact) mass is 579 g/mol. The van der Waals surface area contributed by atoms with E-state index in [1.807, 2.05) is 0 Å². The van der Waals surface area contributed by atoms with Gasteiger partial charge in [-0.1, -0.05) is 65.7 Å². The predicted octanol–water partition coefficient (Wildman–Crippen LogP) is 7.00. The zero-order valence-corrected chi connectivity index (χ0v) is 23.0. The zero-order chi connectivity index (χ0) is 27.7. The van der Waals surface area contributed by atoms with Crippen molar-refractivity contribution in [2.75, 3.05) is 7.11 Å². The lowest BCUT2D eigenvalue weighted by Gasteiger charge is -2.30. The van der Waals surface area contributed by atoms with Crippen LogP contribution in [0.5, 0.6) is 5.75 Å². The van der Waals surface area contributed by atoms with Crippen molar-refractivity contribution in [3.8, 4) is 5.75 Å². The van der Waals surface area contributed by atoms with Crippen molar-refractivity contribution < 1.29 is 24.2 Å². The van der Waals surface area contributed by atoms with Gasteiger partial charge in [0.1, 0.15) is 11.8 Å². The highest BCUT2D eigenvalue weighted by Gasteiger charge is 2.58. The number of methoxy groups -OCH3 is 1. The molecule has 5 rings (SSSR count). The van der Waals surface area contributed by atoms with E-state index in [0.29, 0.717) is 36.7 Å². The Morgan fingerprint density at radius 2 is 1.59 bits per heavy atom. The summed E-state index contributed by atoms with van der Waals surface area (Å²) in [6.45, 7) is 0. The molecule has 1 saturated heterocycles. The highest BCUT2D eigenvalue weighted by Crippen LogP contribution is 2.52. The number of thiophene rings is 1. The first-order valence-electron chi connectivity index (χ1n) is 12.1. The molecule has 9 heteroatoms. The van der Waals surface area contributed by atoms with Gasteiger partial charge in [0.05, 0.1) is 28.3 Å². The summed E-state index contributed by atoms with van der Waals surface area (Å²) in [7, 11) is 1.51. The number of hydrogen-bond donors (Lipinski definition) is 1. The average Bonchev–Trinajstić information content (AvgIpc) is 3.55. The molecule has 1 fully saturated rings. The third-order valence-electron chi connectivity index (χ3n) is 6.98. The van der Waals surface area contributed by atoms with Crippen molar-refractivity contribution >= 4 is 52.2 Å². The van der Waals surface area contributed by atoms with E-state index >= 15 is 0 Å². The Labute approximate surface area is 239 Å². The van der Waals surface area contributed by atoms with E-state index in [-0.39, 0.29) is 5.78 Å². The molecule has 0 aliphatic carbocycles. The molecule has 1 aromatic heterocycles. The molecule has 2 heterocycles. The molecule has 3 aromatic carbocycles. The number of Topliss-reactive ketones (excluding diaryl/α,β-unsaturated/α-hetero) is 1. The fourth-order valence-corrected chi connectivity index (χ4v) is 6.51. The lowest BCUT2D eigenvalue weighted by atomic mass is 9.77. The zero-order valence-electron chi connectivity index (χ0n) is 20.7. The van der Waals surface area contributed by atoms with Crippen LogP contribution in [-0.2, 0) is 4.79 Å². The fourth-order valence-electron chi connectivity index (χ4n) is 5.35. The van der Waals surface area contributed by atoms with Gasteiger partial charge in [-0.05, 0) is 59.7 Å². The van der Waals surface area contributed by atoms with Gasteiger partial charge < -0.3 is 14.7 Å². The van der Waals surface area contributed by atoms with Crippen LogP contribution in [0.25, 0.3) is 0 Å². The van der Waals surface area contributed by atoms with Gasteiger partial charge in [0.15, 0.2) is 5.78 Å². The molecule has 4 atom stereocenters. The summed E-state index contributed by atoms with van der Waals surface area (Å²) in [4.78, 5) is 43.2. The maximum absolute atomic E-state index is 14.3. The first kappa shape index (κ1) is 26.9. The van der Waals surface area contributed by atoms with Crippen molar-refractivity contribution in [2.45, 2.75) is 18.0 Å². The molecule has 1 aliphatic heterocycles. The summed E-state index contributed by atoms with van der Waals surface area (Å²) in [6.07, 6.45) is 0. The summed E-state index contributed by atoms with van der Waals surface area (Å²) in [5, 5.41) is 11.1. The number of amides is 1. The van der Waals surface area contributed by atoms with Crippen LogP contribution in [0.15, 0.2) is 91.0 Å². The Bertz CT molecular complexity index is 1520. The number of hydrogen-bond acceptors (Lipinski definition) is 5. The Morgan fingerprint density at radius 1 is 0.872 bits per heavy atom. The predicted molar refractivity (Wildman–Crippen MR) is 151 cm³/mol. The minimum absolute atomic E-state index is 0.297. The molecule has 1 aliphatic rings. The lowest BCUT2D eigenvalue weighted by molar-refractivity contribution is -0.142. The van der Waals surface area contributed by atoms with Crippen LogP contribution in [0.1, 0.15) is 43.1 Å². The normalized spacial score (nSPS) is 20.5. The molecule has 1 amide bonds. The summed E-state index contributed by atoms with van der Waals surface area (Å²) in [5.41, 5.74) is 1.49. The average molecular weight is 580 g/mol. The highest BCUT2D eigenvalue weighted by atomic mass is 35.5. The second kappa shape index (κ2) is 11.2. The number of carboxylic acid groups (broad SMARTS) is 1. The Morgan fingerprint density at radius 3 is 2.21 bits per heavy atom. The van der Waals surface area contributed by atoms with Crippen LogP contribution in [-0.4, -0.2) is 40.8 Å². The molecule has 4 unspecified atom stereocenters. The number of rotatable bonds is 7. The third kappa shape index (κ3) is 5.17. The second-order valence-electron chi connectivity index (χ2n) is 9.15. The van der Waals surface area contributed by atoms with Crippen LogP contribution in [0, 0.1) is 5.92 Å². The number of carbonyl (C=O) groups is 3. The Kier molecular flexibility index (Phi) is 7.75. The number of carbonyl (C=O) groups excluding carboxylic acids is 2. The van der Waals surface area contributed by atoms with Gasteiger partial charge in [0.2, 0.25) is 0 Å². The molecule has 1 N–H and O–H groups in total. The van der Waals surface area contributed by atoms with Crippen LogP contribution in [0.2, 0.25) is 9.36 Å². The van der Waals surface area contributed by atoms with Gasteiger partial charge in [-0.2, -0.15) is 0 Å². The van der Waals surface area contributed by atoms with Crippen LogP contribution in [0.3, 0.4) is 0 Å². The van der Waals surface area contributed by atoms with E-state index < -0.39 is 35.8 Å². The summed E-state index contributed by atoms with van der Waals surface area (Å²) >= 11 is 13.5. The molecular formula is C30H23Cl2NO5S. The molecule has 6 nitrogen and oxygen atoms in total. The highest BCUT2D eigenvalue weighted by molar-refractivity contribution is 7.18. The first-order valence-corrected chi connectivity index (χ1v) is 13.7. The van der Waals surface area contributed by atoms with Crippen molar-refractivity contribution in [1.29, 1.82) is 0 Å². The fraction of sp³-hybridized carbons (Fsp3) is 0.167. The van der Waals surface area contributed by atoms with Crippen LogP contribution >= 0.6 is 34.5 Å². The van der Waals surface area contributed by atoms with Gasteiger partial charge in [-0.25, -0.2) is 4.79 Å². The number of carboxylic acids is 1. The number of likely N-dealkylation sites (tertiary alicyclic amines) is 1. The quantitative estimate of drug-likeness (QED) is 0.238. The molecule has 198 valence electrons. The van der Waals surface area contributed by atoms with E-state index in [0.717, 1.165) is 11.3 Å². The Hall–Kier alpha value is -3.65. The minimum Gasteiger partial charge on any atom is -0.497 e. The van der Waals surface area contributed by atoms with Crippen molar-refractivity contribution in [1.82, 2.24) is 4.90 Å². The SMILES string of the molecule is COc1cccc(C2C(C(=O)c3ccc(Cl)s3)C(c3ccc(Cl)cc3)N(C(=O)c3ccccc3)C2C(=O)O)c1. The van der Waals surface area contributed by atoms with E-state index in [2.05, 4.69) is 0 Å². The Balaban J connectivity index is 1.78. The van der Waals surface area contributed by atoms with Gasteiger partial charge >= 0.3 is 5.97 Å². The standard InChI is InChI=1S/C30H23Cl2NO5S/c1-38-21-9-5-8-19(16-21)24-25(28(34)22-14-15-23(32)39-22)26(17-10-12-20(31)13-11-17)33(27(24)30(36)37)29(35)18-6-3-2-4-7-18/h2-16,24-27H,1H3,(H,36,37). The summed E-state index contributed by atoms with van der Waals surface area (Å²) in [5.74, 6) is -3.32. The van der Waals surface area contributed by atoms with E-state index in [9.17, 15) is 19.5 Å². The van der Waals surface area contributed by atoms with Gasteiger partial charge in [0.25, 0.3) is 5.91 Å².